The maximum Gasteiger partial charge on any atom is 0.127 e. The number of halogens is 1. The first-order chi connectivity index (χ1) is 9.72. The van der Waals surface area contributed by atoms with Crippen molar-refractivity contribution in [3.63, 3.8) is 0 Å². The van der Waals surface area contributed by atoms with Gasteiger partial charge in [0.1, 0.15) is 17.3 Å². The van der Waals surface area contributed by atoms with Crippen LogP contribution in [0.4, 0.5) is 4.39 Å². The van der Waals surface area contributed by atoms with Gasteiger partial charge in [0, 0.05) is 18.8 Å². The Kier molecular flexibility index (Phi) is 3.21. The van der Waals surface area contributed by atoms with Gasteiger partial charge in [-0.25, -0.2) is 4.39 Å². The Morgan fingerprint density at radius 1 is 0.900 bits per heavy atom. The smallest absolute Gasteiger partial charge is 0.127 e. The second-order valence-corrected chi connectivity index (χ2v) is 4.42. The molecule has 0 fully saturated rings. The molecule has 0 N–H and O–H groups in total. The summed E-state index contributed by atoms with van der Waals surface area (Å²) < 4.78 is 20.3. The fourth-order valence-electron chi connectivity index (χ4n) is 1.99. The zero-order chi connectivity index (χ0) is 13.9. The Bertz CT molecular complexity index is 702. The van der Waals surface area contributed by atoms with Crippen LogP contribution in [-0.4, -0.2) is 9.78 Å². The number of hydrogen-bond donors (Lipinski definition) is 0. The molecule has 0 spiro atoms. The molecule has 4 heteroatoms. The highest BCUT2D eigenvalue weighted by Gasteiger charge is 2.03. The quantitative estimate of drug-likeness (QED) is 0.717. The van der Waals surface area contributed by atoms with E-state index in [0.717, 1.165) is 11.3 Å². The molecule has 0 bridgehead atoms. The van der Waals surface area contributed by atoms with Gasteiger partial charge in [-0.2, -0.15) is 5.10 Å². The van der Waals surface area contributed by atoms with Crippen molar-refractivity contribution < 1.29 is 9.13 Å². The van der Waals surface area contributed by atoms with Crippen LogP contribution in [0.25, 0.3) is 11.3 Å². The molecule has 0 aliphatic heterocycles. The van der Waals surface area contributed by atoms with Crippen LogP contribution in [0.2, 0.25) is 0 Å². The predicted octanol–water partition coefficient (Wildman–Crippen LogP) is 4.02. The number of hydrogen-bond acceptors (Lipinski definition) is 2. The van der Waals surface area contributed by atoms with Gasteiger partial charge in [-0.1, -0.05) is 0 Å². The number of aromatic nitrogens is 2. The van der Waals surface area contributed by atoms with Crippen LogP contribution in [-0.2, 0) is 7.05 Å². The molecule has 20 heavy (non-hydrogen) atoms. The first-order valence-corrected chi connectivity index (χ1v) is 6.24. The molecular formula is C16H13FN2O. The summed E-state index contributed by atoms with van der Waals surface area (Å²) in [4.78, 5) is 0. The molecule has 3 nitrogen and oxygen atoms in total. The predicted molar refractivity (Wildman–Crippen MR) is 75.1 cm³/mol. The number of aryl methyl sites for hydroxylation is 1. The van der Waals surface area contributed by atoms with E-state index in [1.807, 2.05) is 42.1 Å². The van der Waals surface area contributed by atoms with Crippen LogP contribution in [0, 0.1) is 5.82 Å². The van der Waals surface area contributed by atoms with Crippen molar-refractivity contribution in [3.05, 3.63) is 66.6 Å². The van der Waals surface area contributed by atoms with E-state index in [4.69, 9.17) is 4.74 Å². The molecule has 0 aliphatic rings. The molecule has 100 valence electrons. The van der Waals surface area contributed by atoms with Gasteiger partial charge in [0.25, 0.3) is 0 Å². The van der Waals surface area contributed by atoms with Crippen molar-refractivity contribution in [1.29, 1.82) is 0 Å². The fourth-order valence-corrected chi connectivity index (χ4v) is 1.99. The lowest BCUT2D eigenvalue weighted by Gasteiger charge is -2.07. The molecule has 1 aromatic heterocycles. The van der Waals surface area contributed by atoms with Gasteiger partial charge in [-0.3, -0.25) is 4.68 Å². The van der Waals surface area contributed by atoms with E-state index in [-0.39, 0.29) is 5.82 Å². The minimum Gasteiger partial charge on any atom is -0.457 e. The Morgan fingerprint density at radius 2 is 1.50 bits per heavy atom. The van der Waals surface area contributed by atoms with Crippen molar-refractivity contribution in [2.75, 3.05) is 0 Å². The molecule has 0 atom stereocenters. The topological polar surface area (TPSA) is 27.1 Å². The second kappa shape index (κ2) is 5.17. The molecule has 0 unspecified atom stereocenters. The molecular weight excluding hydrogens is 255 g/mol. The standard InChI is InChI=1S/C16H13FN2O/c1-19-16(10-11-18-19)12-2-6-14(7-3-12)20-15-8-4-13(17)5-9-15/h2-11H,1H3. The zero-order valence-corrected chi connectivity index (χ0v) is 11.0. The van der Waals surface area contributed by atoms with Crippen molar-refractivity contribution in [2.24, 2.45) is 7.05 Å². The number of nitrogens with zero attached hydrogens (tertiary/aromatic N) is 2. The Hall–Kier alpha value is -2.62. The summed E-state index contributed by atoms with van der Waals surface area (Å²) >= 11 is 0. The molecule has 3 aromatic rings. The molecule has 3 rings (SSSR count). The maximum absolute atomic E-state index is 12.8. The molecule has 0 saturated carbocycles. The van der Waals surface area contributed by atoms with Crippen LogP contribution < -0.4 is 4.74 Å². The van der Waals surface area contributed by atoms with Crippen molar-refractivity contribution >= 4 is 0 Å². The van der Waals surface area contributed by atoms with E-state index in [9.17, 15) is 4.39 Å². The van der Waals surface area contributed by atoms with E-state index in [1.54, 1.807) is 18.3 Å². The third-order valence-corrected chi connectivity index (χ3v) is 3.02. The third-order valence-electron chi connectivity index (χ3n) is 3.02. The van der Waals surface area contributed by atoms with Gasteiger partial charge in [-0.15, -0.1) is 0 Å². The second-order valence-electron chi connectivity index (χ2n) is 4.42. The van der Waals surface area contributed by atoms with E-state index < -0.39 is 0 Å². The van der Waals surface area contributed by atoms with E-state index in [2.05, 4.69) is 5.10 Å². The van der Waals surface area contributed by atoms with Crippen LogP contribution in [0.15, 0.2) is 60.8 Å². The molecule has 1 heterocycles. The summed E-state index contributed by atoms with van der Waals surface area (Å²) in [7, 11) is 1.90. The summed E-state index contributed by atoms with van der Waals surface area (Å²) in [6.45, 7) is 0. The first-order valence-electron chi connectivity index (χ1n) is 6.24. The first kappa shape index (κ1) is 12.4. The normalized spacial score (nSPS) is 10.5. The summed E-state index contributed by atoms with van der Waals surface area (Å²) in [5.41, 5.74) is 2.11. The summed E-state index contributed by atoms with van der Waals surface area (Å²) in [6.07, 6.45) is 1.76. The average molecular weight is 268 g/mol. The van der Waals surface area contributed by atoms with E-state index in [1.165, 1.54) is 12.1 Å². The molecule has 0 amide bonds. The van der Waals surface area contributed by atoms with Gasteiger partial charge >= 0.3 is 0 Å². The van der Waals surface area contributed by atoms with Crippen LogP contribution in [0.3, 0.4) is 0 Å². The number of rotatable bonds is 3. The number of benzene rings is 2. The van der Waals surface area contributed by atoms with Crippen LogP contribution in [0.1, 0.15) is 0 Å². The Morgan fingerprint density at radius 3 is 2.05 bits per heavy atom. The van der Waals surface area contributed by atoms with E-state index in [0.29, 0.717) is 11.5 Å². The zero-order valence-electron chi connectivity index (χ0n) is 11.0. The van der Waals surface area contributed by atoms with Gasteiger partial charge in [0.05, 0.1) is 5.69 Å². The molecule has 2 aromatic carbocycles. The monoisotopic (exact) mass is 268 g/mol. The largest absolute Gasteiger partial charge is 0.457 e. The van der Waals surface area contributed by atoms with Gasteiger partial charge in [-0.05, 0) is 54.6 Å². The maximum atomic E-state index is 12.8. The number of ether oxygens (including phenoxy) is 1. The van der Waals surface area contributed by atoms with E-state index >= 15 is 0 Å². The lowest BCUT2D eigenvalue weighted by atomic mass is 10.1. The summed E-state index contributed by atoms with van der Waals surface area (Å²) in [5, 5.41) is 4.14. The Balaban J connectivity index is 1.80. The SMILES string of the molecule is Cn1nccc1-c1ccc(Oc2ccc(F)cc2)cc1. The van der Waals surface area contributed by atoms with Gasteiger partial charge in [0.15, 0.2) is 0 Å². The summed E-state index contributed by atoms with van der Waals surface area (Å²) in [6, 6.07) is 15.6. The van der Waals surface area contributed by atoms with Crippen molar-refractivity contribution in [1.82, 2.24) is 9.78 Å². The van der Waals surface area contributed by atoms with Crippen LogP contribution in [0.5, 0.6) is 11.5 Å². The molecule has 0 aliphatic carbocycles. The third kappa shape index (κ3) is 2.54. The fraction of sp³-hybridized carbons (Fsp3) is 0.0625. The minimum absolute atomic E-state index is 0.274. The molecule has 0 radical (unpaired) electrons. The van der Waals surface area contributed by atoms with Crippen molar-refractivity contribution in [2.45, 2.75) is 0 Å². The highest BCUT2D eigenvalue weighted by atomic mass is 19.1. The highest BCUT2D eigenvalue weighted by molar-refractivity contribution is 5.60. The average Bonchev–Trinajstić information content (AvgIpc) is 2.89. The van der Waals surface area contributed by atoms with Gasteiger partial charge in [0.2, 0.25) is 0 Å². The highest BCUT2D eigenvalue weighted by Crippen LogP contribution is 2.25. The molecule has 0 saturated heterocycles. The van der Waals surface area contributed by atoms with Crippen LogP contribution >= 0.6 is 0 Å². The van der Waals surface area contributed by atoms with Gasteiger partial charge < -0.3 is 4.74 Å². The lowest BCUT2D eigenvalue weighted by molar-refractivity contribution is 0.480. The minimum atomic E-state index is -0.274. The lowest BCUT2D eigenvalue weighted by Crippen LogP contribution is -1.93. The van der Waals surface area contributed by atoms with Crippen molar-refractivity contribution in [3.8, 4) is 22.8 Å². The Labute approximate surface area is 116 Å². The summed E-state index contributed by atoms with van der Waals surface area (Å²) in [5.74, 6) is 1.05.